The van der Waals surface area contributed by atoms with Crippen molar-refractivity contribution in [1.82, 2.24) is 10.2 Å². The van der Waals surface area contributed by atoms with Gasteiger partial charge in [-0.2, -0.15) is 5.26 Å². The van der Waals surface area contributed by atoms with Crippen molar-refractivity contribution in [3.8, 4) is 23.2 Å². The molecular formula is C19H13FN4O. The van der Waals surface area contributed by atoms with Crippen LogP contribution in [-0.4, -0.2) is 10.2 Å². The van der Waals surface area contributed by atoms with E-state index in [-0.39, 0.29) is 17.3 Å². The third-order valence-electron chi connectivity index (χ3n) is 4.22. The summed E-state index contributed by atoms with van der Waals surface area (Å²) in [5, 5.41) is 16.7. The number of benzene rings is 2. The summed E-state index contributed by atoms with van der Waals surface area (Å²) in [6.07, 6.45) is 0. The highest BCUT2D eigenvalue weighted by Gasteiger charge is 2.36. The number of allylic oxidation sites excluding steroid dienone is 1. The number of nitrogens with zero attached hydrogens (tertiary/aromatic N) is 2. The van der Waals surface area contributed by atoms with Crippen LogP contribution in [0.5, 0.6) is 5.88 Å². The third-order valence-corrected chi connectivity index (χ3v) is 4.22. The summed E-state index contributed by atoms with van der Waals surface area (Å²) in [4.78, 5) is 0. The second-order valence-corrected chi connectivity index (χ2v) is 5.63. The van der Waals surface area contributed by atoms with Gasteiger partial charge in [-0.3, -0.25) is 5.10 Å². The maximum absolute atomic E-state index is 14.5. The number of halogens is 1. The molecule has 2 heterocycles. The summed E-state index contributed by atoms with van der Waals surface area (Å²) in [7, 11) is 0. The van der Waals surface area contributed by atoms with Gasteiger partial charge < -0.3 is 10.5 Å². The van der Waals surface area contributed by atoms with Crippen LogP contribution in [0.1, 0.15) is 17.0 Å². The van der Waals surface area contributed by atoms with Crippen LogP contribution in [0.3, 0.4) is 0 Å². The van der Waals surface area contributed by atoms with E-state index in [1.165, 1.54) is 6.07 Å². The first-order valence-corrected chi connectivity index (χ1v) is 7.66. The molecule has 0 saturated heterocycles. The number of rotatable bonds is 2. The van der Waals surface area contributed by atoms with Gasteiger partial charge in [0.2, 0.25) is 11.8 Å². The Kier molecular flexibility index (Phi) is 3.47. The van der Waals surface area contributed by atoms with Crippen molar-refractivity contribution < 1.29 is 9.13 Å². The molecular weight excluding hydrogens is 319 g/mol. The van der Waals surface area contributed by atoms with Gasteiger partial charge >= 0.3 is 0 Å². The van der Waals surface area contributed by atoms with Gasteiger partial charge in [0.15, 0.2) is 0 Å². The molecule has 4 rings (SSSR count). The van der Waals surface area contributed by atoms with E-state index in [0.29, 0.717) is 16.8 Å². The maximum Gasteiger partial charge on any atom is 0.244 e. The highest BCUT2D eigenvalue weighted by molar-refractivity contribution is 5.70. The second-order valence-electron chi connectivity index (χ2n) is 5.63. The van der Waals surface area contributed by atoms with Gasteiger partial charge in [0, 0.05) is 5.56 Å². The molecule has 122 valence electrons. The molecule has 0 aliphatic carbocycles. The summed E-state index contributed by atoms with van der Waals surface area (Å²) in [5.74, 6) is -0.914. The molecule has 0 fully saturated rings. The number of ether oxygens (including phenoxy) is 1. The highest BCUT2D eigenvalue weighted by Crippen LogP contribution is 2.45. The van der Waals surface area contributed by atoms with Crippen LogP contribution in [0.2, 0.25) is 0 Å². The van der Waals surface area contributed by atoms with E-state index in [2.05, 4.69) is 16.3 Å². The normalized spacial score (nSPS) is 16.1. The van der Waals surface area contributed by atoms with Crippen LogP contribution >= 0.6 is 0 Å². The molecule has 0 bridgehead atoms. The Morgan fingerprint density at radius 1 is 1.12 bits per heavy atom. The first-order chi connectivity index (χ1) is 12.2. The van der Waals surface area contributed by atoms with E-state index < -0.39 is 11.7 Å². The minimum absolute atomic E-state index is 0.0608. The average molecular weight is 332 g/mol. The van der Waals surface area contributed by atoms with Crippen LogP contribution < -0.4 is 10.5 Å². The van der Waals surface area contributed by atoms with Gasteiger partial charge in [0.1, 0.15) is 17.5 Å². The van der Waals surface area contributed by atoms with Crippen LogP contribution in [0.25, 0.3) is 11.3 Å². The lowest BCUT2D eigenvalue weighted by Crippen LogP contribution is -2.21. The van der Waals surface area contributed by atoms with E-state index in [0.717, 1.165) is 5.56 Å². The van der Waals surface area contributed by atoms with E-state index in [9.17, 15) is 9.65 Å². The Bertz CT molecular complexity index is 1020. The second kappa shape index (κ2) is 5.80. The monoisotopic (exact) mass is 332 g/mol. The fraction of sp³-hybridized carbons (Fsp3) is 0.0526. The van der Waals surface area contributed by atoms with Crippen molar-refractivity contribution in [2.24, 2.45) is 5.73 Å². The summed E-state index contributed by atoms with van der Waals surface area (Å²) in [6, 6.07) is 17.9. The standard InChI is InChI=1S/C19H13FN4O/c20-14-9-5-4-8-12(14)15-13(10-21)18(22)25-19-16(15)17(23-24-19)11-6-2-1-3-7-11/h1-9,15H,22H2,(H,23,24). The van der Waals surface area contributed by atoms with Gasteiger partial charge in [-0.05, 0) is 11.6 Å². The fourth-order valence-electron chi connectivity index (χ4n) is 3.09. The molecule has 0 spiro atoms. The number of nitriles is 1. The van der Waals surface area contributed by atoms with E-state index >= 15 is 0 Å². The minimum atomic E-state index is -0.691. The topological polar surface area (TPSA) is 87.7 Å². The molecule has 2 aromatic carbocycles. The number of aromatic amines is 1. The molecule has 0 amide bonds. The van der Waals surface area contributed by atoms with Crippen LogP contribution in [0.15, 0.2) is 66.1 Å². The third kappa shape index (κ3) is 2.34. The number of nitrogens with one attached hydrogen (secondary N) is 1. The Hall–Kier alpha value is -3.59. The molecule has 1 aliphatic rings. The number of H-pyrrole nitrogens is 1. The molecule has 25 heavy (non-hydrogen) atoms. The van der Waals surface area contributed by atoms with Gasteiger partial charge in [-0.1, -0.05) is 48.5 Å². The first kappa shape index (κ1) is 15.0. The molecule has 1 unspecified atom stereocenters. The van der Waals surface area contributed by atoms with Gasteiger partial charge in [-0.25, -0.2) is 4.39 Å². The molecule has 6 heteroatoms. The zero-order chi connectivity index (χ0) is 17.4. The van der Waals surface area contributed by atoms with Gasteiger partial charge in [0.25, 0.3) is 0 Å². The summed E-state index contributed by atoms with van der Waals surface area (Å²) >= 11 is 0. The quantitative estimate of drug-likeness (QED) is 0.752. The number of hydrogen-bond donors (Lipinski definition) is 2. The van der Waals surface area contributed by atoms with Crippen molar-refractivity contribution in [3.63, 3.8) is 0 Å². The molecule has 0 radical (unpaired) electrons. The molecule has 5 nitrogen and oxygen atoms in total. The lowest BCUT2D eigenvalue weighted by atomic mass is 9.83. The predicted molar refractivity (Wildman–Crippen MR) is 89.7 cm³/mol. The molecule has 3 N–H and O–H groups in total. The Balaban J connectivity index is 1.99. The van der Waals surface area contributed by atoms with Gasteiger partial charge in [-0.15, -0.1) is 5.10 Å². The molecule has 1 atom stereocenters. The summed E-state index contributed by atoms with van der Waals surface area (Å²) in [6.45, 7) is 0. The summed E-state index contributed by atoms with van der Waals surface area (Å²) in [5.41, 5.74) is 8.53. The Morgan fingerprint density at radius 3 is 2.56 bits per heavy atom. The van der Waals surface area contributed by atoms with Crippen molar-refractivity contribution in [2.75, 3.05) is 0 Å². The summed E-state index contributed by atoms with van der Waals surface area (Å²) < 4.78 is 20.0. The minimum Gasteiger partial charge on any atom is -0.420 e. The zero-order valence-corrected chi connectivity index (χ0v) is 13.0. The van der Waals surface area contributed by atoms with Crippen LogP contribution in [0.4, 0.5) is 4.39 Å². The average Bonchev–Trinajstić information content (AvgIpc) is 3.05. The number of nitrogens with two attached hydrogens (primary N) is 1. The van der Waals surface area contributed by atoms with Crippen molar-refractivity contribution in [2.45, 2.75) is 5.92 Å². The Morgan fingerprint density at radius 2 is 1.84 bits per heavy atom. The number of aromatic nitrogens is 2. The van der Waals surface area contributed by atoms with Crippen LogP contribution in [0, 0.1) is 17.1 Å². The van der Waals surface area contributed by atoms with E-state index in [4.69, 9.17) is 10.5 Å². The van der Waals surface area contributed by atoms with E-state index in [1.807, 2.05) is 30.3 Å². The smallest absolute Gasteiger partial charge is 0.244 e. The SMILES string of the molecule is N#CC1=C(N)Oc2n[nH]c(-c3ccccc3)c2C1c1ccccc1F. The largest absolute Gasteiger partial charge is 0.420 e. The number of fused-ring (bicyclic) bond motifs is 1. The van der Waals surface area contributed by atoms with Gasteiger partial charge in [0.05, 0.1) is 17.2 Å². The predicted octanol–water partition coefficient (Wildman–Crippen LogP) is 3.43. The molecule has 3 aromatic rings. The molecule has 1 aliphatic heterocycles. The first-order valence-electron chi connectivity index (χ1n) is 7.66. The lowest BCUT2D eigenvalue weighted by molar-refractivity contribution is 0.378. The maximum atomic E-state index is 14.5. The van der Waals surface area contributed by atoms with Crippen LogP contribution in [-0.2, 0) is 0 Å². The molecule has 1 aromatic heterocycles. The van der Waals surface area contributed by atoms with E-state index in [1.54, 1.807) is 18.2 Å². The van der Waals surface area contributed by atoms with Crippen molar-refractivity contribution in [1.29, 1.82) is 5.26 Å². The lowest BCUT2D eigenvalue weighted by Gasteiger charge is -2.24. The number of hydrogen-bond acceptors (Lipinski definition) is 4. The Labute approximate surface area is 143 Å². The molecule has 0 saturated carbocycles. The van der Waals surface area contributed by atoms with Crippen molar-refractivity contribution in [3.05, 3.63) is 83.0 Å². The fourth-order valence-corrected chi connectivity index (χ4v) is 3.09. The van der Waals surface area contributed by atoms with Crippen molar-refractivity contribution >= 4 is 0 Å². The highest BCUT2D eigenvalue weighted by atomic mass is 19.1. The zero-order valence-electron chi connectivity index (χ0n) is 13.0.